The summed E-state index contributed by atoms with van der Waals surface area (Å²) in [5.74, 6) is 3.70. The number of benzene rings is 1. The lowest BCUT2D eigenvalue weighted by atomic mass is 10.1. The van der Waals surface area contributed by atoms with Crippen molar-refractivity contribution in [1.29, 1.82) is 5.41 Å². The monoisotopic (exact) mass is 221 g/mol. The largest absolute Gasteiger partial charge is 0.369 e. The number of nitrogens with one attached hydrogen (secondary N) is 3. The lowest BCUT2D eigenvalue weighted by Gasteiger charge is -2.20. The third-order valence-electron chi connectivity index (χ3n) is 2.12. The van der Waals surface area contributed by atoms with E-state index in [2.05, 4.69) is 5.32 Å². The Morgan fingerprint density at radius 3 is 2.50 bits per heavy atom. The molecule has 0 aliphatic heterocycles. The zero-order chi connectivity index (χ0) is 12.0. The molecule has 6 heteroatoms. The van der Waals surface area contributed by atoms with Gasteiger partial charge in [-0.3, -0.25) is 10.2 Å². The van der Waals surface area contributed by atoms with Gasteiger partial charge in [-0.25, -0.2) is 5.84 Å². The molecular weight excluding hydrogens is 206 g/mol. The van der Waals surface area contributed by atoms with E-state index in [1.807, 2.05) is 35.8 Å². The first-order valence-corrected chi connectivity index (χ1v) is 4.77. The van der Waals surface area contributed by atoms with Gasteiger partial charge in [0, 0.05) is 11.9 Å². The van der Waals surface area contributed by atoms with Crippen molar-refractivity contribution in [3.63, 3.8) is 0 Å². The highest BCUT2D eigenvalue weighted by Crippen LogP contribution is 2.08. The maximum atomic E-state index is 11.3. The molecule has 0 aromatic heterocycles. The van der Waals surface area contributed by atoms with E-state index in [4.69, 9.17) is 17.0 Å². The number of hydrogen-bond acceptors (Lipinski definition) is 5. The van der Waals surface area contributed by atoms with Crippen LogP contribution in [0.3, 0.4) is 0 Å². The van der Waals surface area contributed by atoms with Crippen molar-refractivity contribution in [3.05, 3.63) is 30.3 Å². The molecule has 2 atom stereocenters. The molecule has 0 heterocycles. The lowest BCUT2D eigenvalue weighted by Crippen LogP contribution is -2.48. The number of nitrogens with two attached hydrogens (primary N) is 2. The number of rotatable bonds is 5. The Hall–Kier alpha value is -1.92. The minimum atomic E-state index is -0.801. The first-order valence-electron chi connectivity index (χ1n) is 4.77. The zero-order valence-corrected chi connectivity index (χ0v) is 8.68. The van der Waals surface area contributed by atoms with E-state index in [9.17, 15) is 4.79 Å². The molecule has 1 aromatic rings. The van der Waals surface area contributed by atoms with Crippen molar-refractivity contribution in [3.8, 4) is 0 Å². The van der Waals surface area contributed by atoms with Crippen LogP contribution < -0.4 is 22.3 Å². The smallest absolute Gasteiger partial charge is 0.245 e. The topological polar surface area (TPSA) is 117 Å². The van der Waals surface area contributed by atoms with Crippen LogP contribution in [0.1, 0.15) is 0 Å². The summed E-state index contributed by atoms with van der Waals surface area (Å²) in [5.41, 5.74) is 8.51. The second-order valence-corrected chi connectivity index (χ2v) is 3.24. The quantitative estimate of drug-likeness (QED) is 0.153. The number of para-hydroxylation sites is 1. The summed E-state index contributed by atoms with van der Waals surface area (Å²) < 4.78 is 0. The molecule has 6 nitrogen and oxygen atoms in total. The molecule has 2 unspecified atom stereocenters. The van der Waals surface area contributed by atoms with Gasteiger partial charge in [-0.2, -0.15) is 0 Å². The molecule has 0 saturated heterocycles. The molecule has 1 amide bonds. The van der Waals surface area contributed by atoms with Gasteiger partial charge in [0.2, 0.25) is 5.91 Å². The summed E-state index contributed by atoms with van der Waals surface area (Å²) in [6.45, 7) is 0. The van der Waals surface area contributed by atoms with Crippen molar-refractivity contribution in [2.45, 2.75) is 6.17 Å². The van der Waals surface area contributed by atoms with Crippen LogP contribution in [0.2, 0.25) is 0 Å². The highest BCUT2D eigenvalue weighted by molar-refractivity contribution is 5.93. The van der Waals surface area contributed by atoms with Crippen LogP contribution in [0, 0.1) is 11.3 Å². The number of hydrazine groups is 1. The fraction of sp³-hybridized carbons (Fsp3) is 0.200. The average Bonchev–Trinajstić information content (AvgIpc) is 2.31. The number of amides is 1. The second kappa shape index (κ2) is 5.84. The van der Waals surface area contributed by atoms with Crippen LogP contribution in [0.15, 0.2) is 30.3 Å². The predicted molar refractivity (Wildman–Crippen MR) is 62.6 cm³/mol. The zero-order valence-electron chi connectivity index (χ0n) is 8.68. The van der Waals surface area contributed by atoms with Gasteiger partial charge in [-0.15, -0.1) is 0 Å². The van der Waals surface area contributed by atoms with Crippen LogP contribution in [-0.2, 0) is 4.79 Å². The van der Waals surface area contributed by atoms with Crippen molar-refractivity contribution in [2.24, 2.45) is 17.5 Å². The fourth-order valence-corrected chi connectivity index (χ4v) is 1.26. The summed E-state index contributed by atoms with van der Waals surface area (Å²) in [6, 6.07) is 9.20. The standard InChI is InChI=1S/C10H15N5O/c11-6-8(10(16)15-13)9(12)14-7-4-2-1-3-5-7/h1-6,8-9,11,14H,12-13H2,(H,15,16). The van der Waals surface area contributed by atoms with E-state index >= 15 is 0 Å². The molecule has 0 radical (unpaired) electrons. The molecule has 0 aliphatic carbocycles. The Bertz CT molecular complexity index is 353. The molecule has 0 aliphatic rings. The molecular formula is C10H15N5O. The Balaban J connectivity index is 2.66. The van der Waals surface area contributed by atoms with E-state index in [0.717, 1.165) is 11.9 Å². The molecule has 86 valence electrons. The average molecular weight is 221 g/mol. The Kier molecular flexibility index (Phi) is 4.43. The van der Waals surface area contributed by atoms with Gasteiger partial charge in [0.1, 0.15) is 5.92 Å². The van der Waals surface area contributed by atoms with Gasteiger partial charge < -0.3 is 16.5 Å². The Morgan fingerprint density at radius 2 is 2.00 bits per heavy atom. The van der Waals surface area contributed by atoms with Crippen LogP contribution >= 0.6 is 0 Å². The van der Waals surface area contributed by atoms with Gasteiger partial charge in [0.25, 0.3) is 0 Å². The van der Waals surface area contributed by atoms with E-state index in [1.165, 1.54) is 0 Å². The maximum absolute atomic E-state index is 11.3. The lowest BCUT2D eigenvalue weighted by molar-refractivity contribution is -0.123. The minimum absolute atomic E-state index is 0.495. The van der Waals surface area contributed by atoms with Gasteiger partial charge in [-0.05, 0) is 12.1 Å². The van der Waals surface area contributed by atoms with Crippen LogP contribution in [0.25, 0.3) is 0 Å². The Labute approximate surface area is 93.5 Å². The first-order chi connectivity index (χ1) is 7.69. The summed E-state index contributed by atoms with van der Waals surface area (Å²) in [7, 11) is 0. The first kappa shape index (κ1) is 12.2. The molecule has 7 N–H and O–H groups in total. The predicted octanol–water partition coefficient (Wildman–Crippen LogP) is -0.361. The van der Waals surface area contributed by atoms with Crippen LogP contribution in [0.4, 0.5) is 5.69 Å². The number of hydrogen-bond donors (Lipinski definition) is 5. The molecule has 0 spiro atoms. The van der Waals surface area contributed by atoms with Gasteiger partial charge >= 0.3 is 0 Å². The van der Waals surface area contributed by atoms with Crippen molar-refractivity contribution < 1.29 is 4.79 Å². The molecule has 1 aromatic carbocycles. The fourth-order valence-electron chi connectivity index (χ4n) is 1.26. The van der Waals surface area contributed by atoms with Gasteiger partial charge in [0.15, 0.2) is 0 Å². The van der Waals surface area contributed by atoms with E-state index < -0.39 is 18.0 Å². The highest BCUT2D eigenvalue weighted by atomic mass is 16.2. The van der Waals surface area contributed by atoms with Crippen molar-refractivity contribution in [1.82, 2.24) is 5.43 Å². The number of carbonyl (C=O) groups excluding carboxylic acids is 1. The van der Waals surface area contributed by atoms with Gasteiger partial charge in [0.05, 0.1) is 6.17 Å². The minimum Gasteiger partial charge on any atom is -0.369 e. The SMILES string of the molecule is N=CC(C(=O)NN)C(N)Nc1ccccc1. The van der Waals surface area contributed by atoms with E-state index in [1.54, 1.807) is 0 Å². The third kappa shape index (κ3) is 3.04. The second-order valence-electron chi connectivity index (χ2n) is 3.24. The molecule has 0 fully saturated rings. The normalized spacial score (nSPS) is 13.6. The van der Waals surface area contributed by atoms with E-state index in [-0.39, 0.29) is 0 Å². The molecule has 0 bridgehead atoms. The van der Waals surface area contributed by atoms with Crippen LogP contribution in [-0.4, -0.2) is 18.3 Å². The summed E-state index contributed by atoms with van der Waals surface area (Å²) >= 11 is 0. The highest BCUT2D eigenvalue weighted by Gasteiger charge is 2.22. The molecule has 1 rings (SSSR count). The third-order valence-corrected chi connectivity index (χ3v) is 2.12. The molecule has 16 heavy (non-hydrogen) atoms. The van der Waals surface area contributed by atoms with Crippen molar-refractivity contribution in [2.75, 3.05) is 5.32 Å². The summed E-state index contributed by atoms with van der Waals surface area (Å²) in [4.78, 5) is 11.3. The summed E-state index contributed by atoms with van der Waals surface area (Å²) in [5, 5.41) is 10.0. The Morgan fingerprint density at radius 1 is 1.38 bits per heavy atom. The number of anilines is 1. The summed E-state index contributed by atoms with van der Waals surface area (Å²) in [6.07, 6.45) is 0.270. The maximum Gasteiger partial charge on any atom is 0.245 e. The van der Waals surface area contributed by atoms with E-state index in [0.29, 0.717) is 0 Å². The number of carbonyl (C=O) groups is 1. The molecule has 0 saturated carbocycles. The van der Waals surface area contributed by atoms with Crippen molar-refractivity contribution >= 4 is 17.8 Å². The van der Waals surface area contributed by atoms with Crippen LogP contribution in [0.5, 0.6) is 0 Å². The van der Waals surface area contributed by atoms with Gasteiger partial charge in [-0.1, -0.05) is 18.2 Å².